The summed E-state index contributed by atoms with van der Waals surface area (Å²) < 4.78 is 5.69. The van der Waals surface area contributed by atoms with Crippen LogP contribution in [0.1, 0.15) is 52.2 Å². The van der Waals surface area contributed by atoms with E-state index in [2.05, 4.69) is 18.8 Å². The summed E-state index contributed by atoms with van der Waals surface area (Å²) in [5.74, 6) is 0.962. The zero-order valence-corrected chi connectivity index (χ0v) is 11.2. The monoisotopic (exact) mass is 237 g/mol. The third-order valence-electron chi connectivity index (χ3n) is 2.77. The van der Waals surface area contributed by atoms with Crippen LogP contribution in [0, 0.1) is 5.92 Å². The first kappa shape index (κ1) is 14.0. The Hall–Kier alpha value is -1.09. The van der Waals surface area contributed by atoms with Crippen LogP contribution in [0.15, 0.2) is 18.5 Å². The second-order valence-electron chi connectivity index (χ2n) is 4.79. The predicted molar refractivity (Wildman–Crippen MR) is 69.0 cm³/mol. The second kappa shape index (κ2) is 6.60. The van der Waals surface area contributed by atoms with Crippen molar-refractivity contribution in [2.75, 3.05) is 0 Å². The van der Waals surface area contributed by atoms with Gasteiger partial charge in [-0.05, 0) is 32.3 Å². The number of pyridine rings is 1. The SMILES string of the molecule is CCC[C@H](C)C(O)c1cnccc1OC(C)C. The fraction of sp³-hybridized carbons (Fsp3) is 0.643. The summed E-state index contributed by atoms with van der Waals surface area (Å²) in [6, 6.07) is 1.82. The highest BCUT2D eigenvalue weighted by atomic mass is 16.5. The lowest BCUT2D eigenvalue weighted by Gasteiger charge is -2.21. The molecule has 2 atom stereocenters. The number of aliphatic hydroxyl groups is 1. The molecule has 0 fully saturated rings. The molecule has 0 amide bonds. The Kier molecular flexibility index (Phi) is 5.42. The smallest absolute Gasteiger partial charge is 0.128 e. The number of hydrogen-bond acceptors (Lipinski definition) is 3. The number of nitrogens with zero attached hydrogens (tertiary/aromatic N) is 1. The van der Waals surface area contributed by atoms with Crippen molar-refractivity contribution in [2.45, 2.75) is 52.7 Å². The molecule has 0 spiro atoms. The van der Waals surface area contributed by atoms with Crippen molar-refractivity contribution in [1.29, 1.82) is 0 Å². The van der Waals surface area contributed by atoms with Crippen LogP contribution in [0.25, 0.3) is 0 Å². The first-order valence-corrected chi connectivity index (χ1v) is 6.34. The maximum absolute atomic E-state index is 10.3. The molecule has 0 aliphatic rings. The minimum Gasteiger partial charge on any atom is -0.491 e. The van der Waals surface area contributed by atoms with Gasteiger partial charge in [0, 0.05) is 18.0 Å². The Balaban J connectivity index is 2.88. The highest BCUT2D eigenvalue weighted by Gasteiger charge is 2.20. The van der Waals surface area contributed by atoms with E-state index in [9.17, 15) is 5.11 Å². The van der Waals surface area contributed by atoms with Gasteiger partial charge in [0.1, 0.15) is 5.75 Å². The molecule has 1 heterocycles. The van der Waals surface area contributed by atoms with Crippen molar-refractivity contribution in [2.24, 2.45) is 5.92 Å². The van der Waals surface area contributed by atoms with Crippen molar-refractivity contribution >= 4 is 0 Å². The molecular formula is C14H23NO2. The topological polar surface area (TPSA) is 42.4 Å². The van der Waals surface area contributed by atoms with Crippen molar-refractivity contribution in [3.63, 3.8) is 0 Å². The van der Waals surface area contributed by atoms with Crippen LogP contribution in [-0.2, 0) is 0 Å². The van der Waals surface area contributed by atoms with E-state index in [1.165, 1.54) is 0 Å². The lowest BCUT2D eigenvalue weighted by atomic mass is 9.94. The van der Waals surface area contributed by atoms with Gasteiger partial charge in [-0.3, -0.25) is 4.98 Å². The Bertz CT molecular complexity index is 339. The predicted octanol–water partition coefficient (Wildman–Crippen LogP) is 3.34. The van der Waals surface area contributed by atoms with Gasteiger partial charge in [0.25, 0.3) is 0 Å². The summed E-state index contributed by atoms with van der Waals surface area (Å²) in [6.07, 6.45) is 5.06. The Labute approximate surface area is 104 Å². The van der Waals surface area contributed by atoms with Crippen molar-refractivity contribution in [1.82, 2.24) is 4.98 Å². The molecule has 1 aromatic rings. The van der Waals surface area contributed by atoms with Crippen molar-refractivity contribution in [3.05, 3.63) is 24.0 Å². The fourth-order valence-corrected chi connectivity index (χ4v) is 1.90. The molecule has 0 aliphatic carbocycles. The molecular weight excluding hydrogens is 214 g/mol. The minimum atomic E-state index is -0.502. The highest BCUT2D eigenvalue weighted by Crippen LogP contribution is 2.31. The van der Waals surface area contributed by atoms with E-state index in [-0.39, 0.29) is 12.0 Å². The van der Waals surface area contributed by atoms with E-state index in [1.807, 2.05) is 19.9 Å². The third kappa shape index (κ3) is 4.00. The van der Waals surface area contributed by atoms with Gasteiger partial charge in [-0.2, -0.15) is 0 Å². The van der Waals surface area contributed by atoms with E-state index in [4.69, 9.17) is 4.74 Å². The lowest BCUT2D eigenvalue weighted by Crippen LogP contribution is -2.13. The minimum absolute atomic E-state index is 0.102. The number of rotatable bonds is 6. The Morgan fingerprint density at radius 3 is 2.65 bits per heavy atom. The summed E-state index contributed by atoms with van der Waals surface area (Å²) in [5.41, 5.74) is 0.794. The number of aromatic nitrogens is 1. The van der Waals surface area contributed by atoms with Crippen LogP contribution in [0.4, 0.5) is 0 Å². The molecule has 0 radical (unpaired) electrons. The molecule has 1 unspecified atom stereocenters. The van der Waals surface area contributed by atoms with E-state index in [0.29, 0.717) is 0 Å². The van der Waals surface area contributed by atoms with Crippen LogP contribution in [0.3, 0.4) is 0 Å². The number of hydrogen-bond donors (Lipinski definition) is 1. The Morgan fingerprint density at radius 1 is 1.35 bits per heavy atom. The summed E-state index contributed by atoms with van der Waals surface area (Å²) in [4.78, 5) is 4.08. The molecule has 17 heavy (non-hydrogen) atoms. The number of aliphatic hydroxyl groups excluding tert-OH is 1. The van der Waals surface area contributed by atoms with E-state index < -0.39 is 6.10 Å². The second-order valence-corrected chi connectivity index (χ2v) is 4.79. The van der Waals surface area contributed by atoms with Crippen molar-refractivity contribution < 1.29 is 9.84 Å². The normalized spacial score (nSPS) is 14.7. The first-order valence-electron chi connectivity index (χ1n) is 6.34. The van der Waals surface area contributed by atoms with Crippen LogP contribution in [0.5, 0.6) is 5.75 Å². The maximum atomic E-state index is 10.3. The van der Waals surface area contributed by atoms with Gasteiger partial charge in [0.05, 0.1) is 12.2 Å². The van der Waals surface area contributed by atoms with Crippen LogP contribution < -0.4 is 4.74 Å². The molecule has 3 nitrogen and oxygen atoms in total. The Morgan fingerprint density at radius 2 is 2.06 bits per heavy atom. The van der Waals surface area contributed by atoms with Gasteiger partial charge in [-0.15, -0.1) is 0 Å². The number of ether oxygens (including phenoxy) is 1. The largest absolute Gasteiger partial charge is 0.491 e. The molecule has 0 aromatic carbocycles. The molecule has 1 aromatic heterocycles. The molecule has 0 saturated heterocycles. The quantitative estimate of drug-likeness (QED) is 0.825. The zero-order chi connectivity index (χ0) is 12.8. The van der Waals surface area contributed by atoms with E-state index in [0.717, 1.165) is 24.2 Å². The van der Waals surface area contributed by atoms with Crippen molar-refractivity contribution in [3.8, 4) is 5.75 Å². The molecule has 0 bridgehead atoms. The van der Waals surface area contributed by atoms with Gasteiger partial charge < -0.3 is 9.84 Å². The fourth-order valence-electron chi connectivity index (χ4n) is 1.90. The molecule has 96 valence electrons. The molecule has 1 N–H and O–H groups in total. The summed E-state index contributed by atoms with van der Waals surface area (Å²) >= 11 is 0. The molecule has 3 heteroatoms. The van der Waals surface area contributed by atoms with Gasteiger partial charge in [0.15, 0.2) is 0 Å². The lowest BCUT2D eigenvalue weighted by molar-refractivity contribution is 0.106. The summed E-state index contributed by atoms with van der Waals surface area (Å²) in [5, 5.41) is 10.3. The third-order valence-corrected chi connectivity index (χ3v) is 2.77. The van der Waals surface area contributed by atoms with Gasteiger partial charge in [-0.1, -0.05) is 20.3 Å². The maximum Gasteiger partial charge on any atom is 0.128 e. The van der Waals surface area contributed by atoms with E-state index >= 15 is 0 Å². The molecule has 0 saturated carbocycles. The zero-order valence-electron chi connectivity index (χ0n) is 11.2. The van der Waals surface area contributed by atoms with E-state index in [1.54, 1.807) is 12.4 Å². The van der Waals surface area contributed by atoms with Gasteiger partial charge in [-0.25, -0.2) is 0 Å². The highest BCUT2D eigenvalue weighted by molar-refractivity contribution is 5.32. The van der Waals surface area contributed by atoms with Crippen LogP contribution >= 0.6 is 0 Å². The average Bonchev–Trinajstić information content (AvgIpc) is 2.28. The average molecular weight is 237 g/mol. The summed E-state index contributed by atoms with van der Waals surface area (Å²) in [7, 11) is 0. The standard InChI is InChI=1S/C14H23NO2/c1-5-6-11(4)14(16)12-9-15-8-7-13(12)17-10(2)3/h7-11,14,16H,5-6H2,1-4H3/t11-,14?/m0/s1. The molecule has 0 aliphatic heterocycles. The first-order chi connectivity index (χ1) is 8.06. The molecule has 1 rings (SSSR count). The summed E-state index contributed by atoms with van der Waals surface area (Å²) in [6.45, 7) is 8.14. The van der Waals surface area contributed by atoms with Crippen LogP contribution in [0.2, 0.25) is 0 Å². The van der Waals surface area contributed by atoms with Gasteiger partial charge in [0.2, 0.25) is 0 Å². The van der Waals surface area contributed by atoms with Gasteiger partial charge >= 0.3 is 0 Å². The van der Waals surface area contributed by atoms with Crippen LogP contribution in [-0.4, -0.2) is 16.2 Å².